The zero-order chi connectivity index (χ0) is 20.8. The van der Waals surface area contributed by atoms with E-state index in [2.05, 4.69) is 52.7 Å². The summed E-state index contributed by atoms with van der Waals surface area (Å²) >= 11 is 0. The first kappa shape index (κ1) is 20.4. The minimum absolute atomic E-state index is 0.0589. The minimum Gasteiger partial charge on any atom is -0.494 e. The maximum absolute atomic E-state index is 12.7. The zero-order valence-electron chi connectivity index (χ0n) is 17.6. The number of likely N-dealkylation sites (tertiary alicyclic amines) is 1. The molecular weight excluding hydrogens is 372 g/mol. The normalized spacial score (nSPS) is 15.2. The molecule has 1 atom stereocenters. The van der Waals surface area contributed by atoms with E-state index in [1.807, 2.05) is 31.2 Å². The van der Waals surface area contributed by atoms with Gasteiger partial charge in [0.25, 0.3) is 0 Å². The van der Waals surface area contributed by atoms with Crippen LogP contribution in [0.25, 0.3) is 10.8 Å². The Morgan fingerprint density at radius 3 is 2.50 bits per heavy atom. The highest BCUT2D eigenvalue weighted by atomic mass is 16.5. The summed E-state index contributed by atoms with van der Waals surface area (Å²) in [5.74, 6) is 0.898. The molecule has 1 heterocycles. The molecule has 0 bridgehead atoms. The van der Waals surface area contributed by atoms with Crippen LogP contribution in [0.3, 0.4) is 0 Å². The molecule has 0 radical (unpaired) electrons. The van der Waals surface area contributed by atoms with Crippen LogP contribution in [0, 0.1) is 0 Å². The number of ether oxygens (including phenoxy) is 1. The maximum atomic E-state index is 12.7. The monoisotopic (exact) mass is 402 g/mol. The van der Waals surface area contributed by atoms with Crippen molar-refractivity contribution in [2.45, 2.75) is 32.2 Å². The van der Waals surface area contributed by atoms with Crippen LogP contribution in [-0.2, 0) is 11.2 Å². The van der Waals surface area contributed by atoms with Crippen molar-refractivity contribution < 1.29 is 9.53 Å². The second-order valence-corrected chi connectivity index (χ2v) is 7.89. The molecule has 0 unspecified atom stereocenters. The number of nitrogens with one attached hydrogen (secondary N) is 1. The molecule has 3 aromatic rings. The lowest BCUT2D eigenvalue weighted by atomic mass is 9.97. The van der Waals surface area contributed by atoms with Gasteiger partial charge in [-0.3, -0.25) is 9.69 Å². The highest BCUT2D eigenvalue weighted by Gasteiger charge is 2.25. The van der Waals surface area contributed by atoms with Crippen molar-refractivity contribution in [2.24, 2.45) is 0 Å². The molecule has 1 aliphatic heterocycles. The van der Waals surface area contributed by atoms with Crippen LogP contribution >= 0.6 is 0 Å². The third kappa shape index (κ3) is 4.82. The Morgan fingerprint density at radius 1 is 1.00 bits per heavy atom. The van der Waals surface area contributed by atoms with Gasteiger partial charge >= 0.3 is 0 Å². The number of amides is 1. The van der Waals surface area contributed by atoms with Gasteiger partial charge in [0.2, 0.25) is 5.91 Å². The summed E-state index contributed by atoms with van der Waals surface area (Å²) in [6.45, 7) is 5.41. The first-order valence-electron chi connectivity index (χ1n) is 10.9. The van der Waals surface area contributed by atoms with Crippen molar-refractivity contribution in [3.05, 3.63) is 77.9 Å². The van der Waals surface area contributed by atoms with Crippen molar-refractivity contribution in [3.63, 3.8) is 0 Å². The number of carbonyl (C=O) groups excluding carboxylic acids is 1. The molecule has 0 spiro atoms. The Labute approximate surface area is 178 Å². The average molecular weight is 403 g/mol. The van der Waals surface area contributed by atoms with Crippen LogP contribution in [0.1, 0.15) is 36.9 Å². The molecular formula is C26H30N2O2. The fourth-order valence-corrected chi connectivity index (χ4v) is 4.36. The Hall–Kier alpha value is -2.85. The first-order chi connectivity index (χ1) is 14.7. The van der Waals surface area contributed by atoms with E-state index >= 15 is 0 Å². The van der Waals surface area contributed by atoms with Crippen LogP contribution in [0.5, 0.6) is 5.75 Å². The molecule has 4 rings (SSSR count). The number of hydrogen-bond donors (Lipinski definition) is 1. The number of hydrogen-bond acceptors (Lipinski definition) is 3. The predicted octanol–water partition coefficient (Wildman–Crippen LogP) is 4.73. The number of nitrogens with zero attached hydrogens (tertiary/aromatic N) is 1. The molecule has 1 N–H and O–H groups in total. The largest absolute Gasteiger partial charge is 0.494 e. The fourth-order valence-electron chi connectivity index (χ4n) is 4.36. The van der Waals surface area contributed by atoms with Gasteiger partial charge in [-0.05, 0) is 66.9 Å². The standard InChI is InChI=1S/C26H30N2O2/c1-2-30-22-14-12-20(13-15-22)18-26(29)27-19-25(28-16-5-6-17-28)24-11-7-9-21-8-3-4-10-23(21)24/h3-4,7-15,25H,2,5-6,16-19H2,1H3,(H,27,29)/t25-/m0/s1. The van der Waals surface area contributed by atoms with Crippen LogP contribution in [0.2, 0.25) is 0 Å². The lowest BCUT2D eigenvalue weighted by Gasteiger charge is -2.29. The van der Waals surface area contributed by atoms with Gasteiger partial charge in [0.15, 0.2) is 0 Å². The van der Waals surface area contributed by atoms with Crippen molar-refractivity contribution in [3.8, 4) is 5.75 Å². The Morgan fingerprint density at radius 2 is 1.73 bits per heavy atom. The fraction of sp³-hybridized carbons (Fsp3) is 0.346. The van der Waals surface area contributed by atoms with Crippen molar-refractivity contribution in [2.75, 3.05) is 26.2 Å². The van der Waals surface area contributed by atoms with Crippen molar-refractivity contribution in [1.82, 2.24) is 10.2 Å². The number of fused-ring (bicyclic) bond motifs is 1. The molecule has 156 valence electrons. The summed E-state index contributed by atoms with van der Waals surface area (Å²) < 4.78 is 5.48. The Kier molecular flexibility index (Phi) is 6.65. The van der Waals surface area contributed by atoms with Gasteiger partial charge in [0, 0.05) is 6.54 Å². The number of carbonyl (C=O) groups is 1. The molecule has 1 amide bonds. The van der Waals surface area contributed by atoms with Crippen LogP contribution in [-0.4, -0.2) is 37.0 Å². The lowest BCUT2D eigenvalue weighted by Crippen LogP contribution is -2.37. The van der Waals surface area contributed by atoms with Gasteiger partial charge in [-0.25, -0.2) is 0 Å². The summed E-state index contributed by atoms with van der Waals surface area (Å²) in [5.41, 5.74) is 2.30. The van der Waals surface area contributed by atoms with Gasteiger partial charge in [-0.1, -0.05) is 54.6 Å². The quantitative estimate of drug-likeness (QED) is 0.592. The van der Waals surface area contributed by atoms with Crippen molar-refractivity contribution >= 4 is 16.7 Å². The summed E-state index contributed by atoms with van der Waals surface area (Å²) in [5, 5.41) is 5.72. The Balaban J connectivity index is 1.46. The van der Waals surface area contributed by atoms with E-state index in [0.29, 0.717) is 19.6 Å². The molecule has 4 nitrogen and oxygen atoms in total. The predicted molar refractivity (Wildman–Crippen MR) is 122 cm³/mol. The van der Waals surface area contributed by atoms with E-state index in [0.717, 1.165) is 24.4 Å². The Bertz CT molecular complexity index is 972. The van der Waals surface area contributed by atoms with Crippen LogP contribution in [0.4, 0.5) is 0 Å². The highest BCUT2D eigenvalue weighted by Crippen LogP contribution is 2.30. The summed E-state index contributed by atoms with van der Waals surface area (Å²) in [6.07, 6.45) is 2.83. The SMILES string of the molecule is CCOc1ccc(CC(=O)NC[C@@H](c2cccc3ccccc23)N2CCCC2)cc1. The van der Waals surface area contributed by atoms with E-state index in [4.69, 9.17) is 4.74 Å². The van der Waals surface area contributed by atoms with E-state index in [-0.39, 0.29) is 11.9 Å². The van der Waals surface area contributed by atoms with Gasteiger partial charge in [-0.2, -0.15) is 0 Å². The molecule has 1 fully saturated rings. The molecule has 4 heteroatoms. The number of rotatable bonds is 8. The summed E-state index contributed by atoms with van der Waals surface area (Å²) in [4.78, 5) is 15.2. The minimum atomic E-state index is 0.0589. The lowest BCUT2D eigenvalue weighted by molar-refractivity contribution is -0.120. The van der Waals surface area contributed by atoms with Gasteiger partial charge in [0.1, 0.15) is 5.75 Å². The van der Waals surface area contributed by atoms with E-state index in [9.17, 15) is 4.79 Å². The third-order valence-corrected chi connectivity index (χ3v) is 5.86. The van der Waals surface area contributed by atoms with Gasteiger partial charge in [-0.15, -0.1) is 0 Å². The van der Waals surface area contributed by atoms with Crippen LogP contribution < -0.4 is 10.1 Å². The highest BCUT2D eigenvalue weighted by molar-refractivity contribution is 5.86. The second-order valence-electron chi connectivity index (χ2n) is 7.89. The maximum Gasteiger partial charge on any atom is 0.224 e. The molecule has 0 saturated carbocycles. The summed E-state index contributed by atoms with van der Waals surface area (Å²) in [6, 6.07) is 23.0. The van der Waals surface area contributed by atoms with E-state index in [1.165, 1.54) is 29.2 Å². The summed E-state index contributed by atoms with van der Waals surface area (Å²) in [7, 11) is 0. The molecule has 3 aromatic carbocycles. The zero-order valence-corrected chi connectivity index (χ0v) is 17.6. The first-order valence-corrected chi connectivity index (χ1v) is 10.9. The third-order valence-electron chi connectivity index (χ3n) is 5.86. The van der Waals surface area contributed by atoms with Gasteiger partial charge in [0.05, 0.1) is 19.1 Å². The van der Waals surface area contributed by atoms with E-state index in [1.54, 1.807) is 0 Å². The molecule has 1 aliphatic rings. The topological polar surface area (TPSA) is 41.6 Å². The number of benzene rings is 3. The molecule has 30 heavy (non-hydrogen) atoms. The smallest absolute Gasteiger partial charge is 0.224 e. The molecule has 1 saturated heterocycles. The van der Waals surface area contributed by atoms with Crippen molar-refractivity contribution in [1.29, 1.82) is 0 Å². The second kappa shape index (κ2) is 9.77. The molecule has 0 aromatic heterocycles. The average Bonchev–Trinajstić information content (AvgIpc) is 3.30. The van der Waals surface area contributed by atoms with Gasteiger partial charge < -0.3 is 10.1 Å². The van der Waals surface area contributed by atoms with E-state index < -0.39 is 0 Å². The molecule has 0 aliphatic carbocycles. The van der Waals surface area contributed by atoms with Crippen LogP contribution in [0.15, 0.2) is 66.7 Å².